The molecule has 118 valence electrons. The Morgan fingerprint density at radius 2 is 1.59 bits per heavy atom. The number of hydrogen-bond acceptors (Lipinski definition) is 3. The van der Waals surface area contributed by atoms with Crippen molar-refractivity contribution in [1.29, 1.82) is 0 Å². The van der Waals surface area contributed by atoms with Gasteiger partial charge in [0.05, 0.1) is 6.61 Å². The standard InChI is InChI=1S/C19H24O3/c1-2-3-4-5-6-13-22-17-11-12-19(21)18(14-17)15-7-9-16(20)10-8-15/h7-12,14,20-21H,2-6,13H2,1H3. The van der Waals surface area contributed by atoms with Gasteiger partial charge in [0, 0.05) is 5.56 Å². The van der Waals surface area contributed by atoms with Crippen LogP contribution in [0.1, 0.15) is 39.0 Å². The smallest absolute Gasteiger partial charge is 0.123 e. The lowest BCUT2D eigenvalue weighted by molar-refractivity contribution is 0.304. The van der Waals surface area contributed by atoms with Crippen LogP contribution in [0.25, 0.3) is 11.1 Å². The number of phenols is 2. The van der Waals surface area contributed by atoms with Crippen molar-refractivity contribution >= 4 is 0 Å². The molecule has 0 amide bonds. The quantitative estimate of drug-likeness (QED) is 0.666. The molecule has 0 aliphatic heterocycles. The van der Waals surface area contributed by atoms with Gasteiger partial charge in [0.25, 0.3) is 0 Å². The van der Waals surface area contributed by atoms with Gasteiger partial charge in [-0.05, 0) is 42.3 Å². The molecule has 0 aliphatic carbocycles. The van der Waals surface area contributed by atoms with Crippen LogP contribution in [0, 0.1) is 0 Å². The Balaban J connectivity index is 1.96. The van der Waals surface area contributed by atoms with Gasteiger partial charge in [0.2, 0.25) is 0 Å². The van der Waals surface area contributed by atoms with Crippen molar-refractivity contribution in [3.05, 3.63) is 42.5 Å². The minimum atomic E-state index is 0.209. The van der Waals surface area contributed by atoms with Gasteiger partial charge in [-0.1, -0.05) is 44.7 Å². The highest BCUT2D eigenvalue weighted by atomic mass is 16.5. The molecule has 0 aliphatic rings. The number of phenolic OH excluding ortho intramolecular Hbond substituents is 2. The SMILES string of the molecule is CCCCCCCOc1ccc(O)c(-c2ccc(O)cc2)c1. The van der Waals surface area contributed by atoms with Gasteiger partial charge in [-0.25, -0.2) is 0 Å². The van der Waals surface area contributed by atoms with Crippen molar-refractivity contribution in [2.45, 2.75) is 39.0 Å². The summed E-state index contributed by atoms with van der Waals surface area (Å²) in [7, 11) is 0. The summed E-state index contributed by atoms with van der Waals surface area (Å²) >= 11 is 0. The Morgan fingerprint density at radius 1 is 0.864 bits per heavy atom. The summed E-state index contributed by atoms with van der Waals surface area (Å²) in [6, 6.07) is 12.0. The van der Waals surface area contributed by atoms with Gasteiger partial charge < -0.3 is 14.9 Å². The second-order valence-electron chi connectivity index (χ2n) is 5.49. The fourth-order valence-electron chi connectivity index (χ4n) is 2.37. The zero-order valence-electron chi connectivity index (χ0n) is 13.1. The Kier molecular flexibility index (Phi) is 6.13. The number of ether oxygens (including phenoxy) is 1. The number of aromatic hydroxyl groups is 2. The first-order valence-electron chi connectivity index (χ1n) is 7.96. The van der Waals surface area contributed by atoms with E-state index in [2.05, 4.69) is 6.92 Å². The van der Waals surface area contributed by atoms with Crippen LogP contribution in [-0.4, -0.2) is 16.8 Å². The van der Waals surface area contributed by atoms with E-state index < -0.39 is 0 Å². The molecule has 0 saturated heterocycles. The predicted molar refractivity (Wildman–Crippen MR) is 89.5 cm³/mol. The maximum atomic E-state index is 10.0. The minimum Gasteiger partial charge on any atom is -0.508 e. The summed E-state index contributed by atoms with van der Waals surface area (Å²) in [5.74, 6) is 1.18. The van der Waals surface area contributed by atoms with E-state index >= 15 is 0 Å². The molecule has 0 radical (unpaired) electrons. The monoisotopic (exact) mass is 300 g/mol. The fourth-order valence-corrected chi connectivity index (χ4v) is 2.37. The summed E-state index contributed by atoms with van der Waals surface area (Å²) in [6.45, 7) is 2.90. The van der Waals surface area contributed by atoms with Crippen LogP contribution in [0.4, 0.5) is 0 Å². The van der Waals surface area contributed by atoms with Crippen molar-refractivity contribution in [3.63, 3.8) is 0 Å². The van der Waals surface area contributed by atoms with Crippen molar-refractivity contribution in [2.24, 2.45) is 0 Å². The molecule has 3 heteroatoms. The van der Waals surface area contributed by atoms with E-state index in [1.54, 1.807) is 36.4 Å². The van der Waals surface area contributed by atoms with Gasteiger partial charge in [-0.2, -0.15) is 0 Å². The Morgan fingerprint density at radius 3 is 2.32 bits per heavy atom. The lowest BCUT2D eigenvalue weighted by atomic mass is 10.0. The molecule has 0 atom stereocenters. The number of rotatable bonds is 8. The predicted octanol–water partition coefficient (Wildman–Crippen LogP) is 5.11. The normalized spacial score (nSPS) is 10.6. The molecule has 2 rings (SSSR count). The number of unbranched alkanes of at least 4 members (excludes halogenated alkanes) is 4. The zero-order valence-corrected chi connectivity index (χ0v) is 13.1. The number of hydrogen-bond donors (Lipinski definition) is 2. The maximum Gasteiger partial charge on any atom is 0.123 e. The highest BCUT2D eigenvalue weighted by Crippen LogP contribution is 2.33. The molecule has 3 nitrogen and oxygen atoms in total. The zero-order chi connectivity index (χ0) is 15.8. The third-order valence-corrected chi connectivity index (χ3v) is 3.66. The van der Waals surface area contributed by atoms with Crippen LogP contribution in [0.2, 0.25) is 0 Å². The van der Waals surface area contributed by atoms with Crippen LogP contribution in [-0.2, 0) is 0 Å². The van der Waals surface area contributed by atoms with E-state index in [9.17, 15) is 10.2 Å². The van der Waals surface area contributed by atoms with Gasteiger partial charge >= 0.3 is 0 Å². The number of benzene rings is 2. The molecule has 0 saturated carbocycles. The largest absolute Gasteiger partial charge is 0.508 e. The molecule has 2 aromatic rings. The lowest BCUT2D eigenvalue weighted by Crippen LogP contribution is -1.97. The van der Waals surface area contributed by atoms with Crippen LogP contribution < -0.4 is 4.74 Å². The molecule has 0 aromatic heterocycles. The Hall–Kier alpha value is -2.16. The topological polar surface area (TPSA) is 49.7 Å². The van der Waals surface area contributed by atoms with Crippen LogP contribution in [0.3, 0.4) is 0 Å². The summed E-state index contributed by atoms with van der Waals surface area (Å²) in [5.41, 5.74) is 1.56. The van der Waals surface area contributed by atoms with Crippen LogP contribution >= 0.6 is 0 Å². The third-order valence-electron chi connectivity index (χ3n) is 3.66. The highest BCUT2D eigenvalue weighted by molar-refractivity contribution is 5.72. The van der Waals surface area contributed by atoms with E-state index in [0.29, 0.717) is 12.2 Å². The summed E-state index contributed by atoms with van der Waals surface area (Å²) in [4.78, 5) is 0. The molecule has 0 unspecified atom stereocenters. The third kappa shape index (κ3) is 4.69. The van der Waals surface area contributed by atoms with Gasteiger partial charge in [-0.15, -0.1) is 0 Å². The molecule has 0 spiro atoms. The van der Waals surface area contributed by atoms with E-state index in [0.717, 1.165) is 17.7 Å². The molecule has 0 bridgehead atoms. The minimum absolute atomic E-state index is 0.209. The molecule has 2 aromatic carbocycles. The highest BCUT2D eigenvalue weighted by Gasteiger charge is 2.06. The molecule has 22 heavy (non-hydrogen) atoms. The second-order valence-corrected chi connectivity index (χ2v) is 5.49. The van der Waals surface area contributed by atoms with E-state index in [1.165, 1.54) is 25.7 Å². The average molecular weight is 300 g/mol. The first-order chi connectivity index (χ1) is 10.7. The van der Waals surface area contributed by atoms with Gasteiger partial charge in [0.15, 0.2) is 0 Å². The van der Waals surface area contributed by atoms with Gasteiger partial charge in [-0.3, -0.25) is 0 Å². The van der Waals surface area contributed by atoms with Crippen molar-refractivity contribution in [2.75, 3.05) is 6.61 Å². The molecule has 0 heterocycles. The van der Waals surface area contributed by atoms with Crippen molar-refractivity contribution < 1.29 is 14.9 Å². The summed E-state index contributed by atoms with van der Waals surface area (Å²) < 4.78 is 5.77. The lowest BCUT2D eigenvalue weighted by Gasteiger charge is -2.10. The first kappa shape index (κ1) is 16.2. The summed E-state index contributed by atoms with van der Waals surface area (Å²) in [5, 5.41) is 19.4. The van der Waals surface area contributed by atoms with E-state index in [4.69, 9.17) is 4.74 Å². The van der Waals surface area contributed by atoms with E-state index in [1.807, 2.05) is 6.07 Å². The maximum absolute atomic E-state index is 10.0. The molecular weight excluding hydrogens is 276 g/mol. The van der Waals surface area contributed by atoms with Crippen LogP contribution in [0.15, 0.2) is 42.5 Å². The Labute approximate surface area is 132 Å². The first-order valence-corrected chi connectivity index (χ1v) is 7.96. The van der Waals surface area contributed by atoms with Gasteiger partial charge in [0.1, 0.15) is 17.2 Å². The van der Waals surface area contributed by atoms with Crippen molar-refractivity contribution in [3.8, 4) is 28.4 Å². The van der Waals surface area contributed by atoms with Crippen LogP contribution in [0.5, 0.6) is 17.2 Å². The molecule has 0 fully saturated rings. The van der Waals surface area contributed by atoms with E-state index in [-0.39, 0.29) is 11.5 Å². The molecular formula is C19H24O3. The van der Waals surface area contributed by atoms with Crippen molar-refractivity contribution in [1.82, 2.24) is 0 Å². The Bertz CT molecular complexity index is 576. The second kappa shape index (κ2) is 8.32. The molecule has 2 N–H and O–H groups in total. The summed E-state index contributed by atoms with van der Waals surface area (Å²) in [6.07, 6.45) is 6.03. The average Bonchev–Trinajstić information content (AvgIpc) is 2.53. The fraction of sp³-hybridized carbons (Fsp3) is 0.368.